The number of hydrogen-bond acceptors (Lipinski definition) is 12. The number of aromatic nitrogens is 7. The van der Waals surface area contributed by atoms with Gasteiger partial charge < -0.3 is 4.90 Å². The maximum atomic E-state index is 4.67. The largest absolute Gasteiger partial charge is 0.341 e. The van der Waals surface area contributed by atoms with E-state index in [1.807, 2.05) is 13.8 Å². The molecule has 0 amide bonds. The lowest BCUT2D eigenvalue weighted by molar-refractivity contribution is 0.560. The van der Waals surface area contributed by atoms with Gasteiger partial charge in [0.15, 0.2) is 8.68 Å². The van der Waals surface area contributed by atoms with E-state index in [-0.39, 0.29) is 0 Å². The van der Waals surface area contributed by atoms with Crippen LogP contribution in [0.1, 0.15) is 29.3 Å². The van der Waals surface area contributed by atoms with E-state index in [1.165, 1.54) is 65.5 Å². The van der Waals surface area contributed by atoms with Gasteiger partial charge in [-0.2, -0.15) is 15.0 Å². The molecule has 4 heterocycles. The number of aryl methyl sites for hydroxylation is 2. The molecule has 1 aliphatic heterocycles. The van der Waals surface area contributed by atoms with Crippen LogP contribution < -0.4 is 4.90 Å². The Morgan fingerprint density at radius 1 is 0.731 bits per heavy atom. The van der Waals surface area contributed by atoms with E-state index in [0.717, 1.165) is 37.7 Å². The number of hydrogen-bond donors (Lipinski definition) is 0. The number of anilines is 1. The van der Waals surface area contributed by atoms with Crippen LogP contribution in [-0.2, 0) is 0 Å². The molecular weight excluding hydrogens is 408 g/mol. The van der Waals surface area contributed by atoms with Gasteiger partial charge in [-0.1, -0.05) is 22.7 Å². The summed E-state index contributed by atoms with van der Waals surface area (Å²) in [6.45, 7) is 5.84. The zero-order valence-corrected chi connectivity index (χ0v) is 17.5. The molecule has 3 aromatic heterocycles. The van der Waals surface area contributed by atoms with Crippen LogP contribution in [-0.4, -0.2) is 48.4 Å². The summed E-state index contributed by atoms with van der Waals surface area (Å²) in [4.78, 5) is 16.2. The quantitative estimate of drug-likeness (QED) is 0.606. The molecule has 0 atom stereocenters. The lowest BCUT2D eigenvalue weighted by atomic mass is 10.1. The van der Waals surface area contributed by atoms with Gasteiger partial charge in [0.2, 0.25) is 16.3 Å². The predicted octanol–water partition coefficient (Wildman–Crippen LogP) is 3.48. The van der Waals surface area contributed by atoms with Crippen molar-refractivity contribution in [3.8, 4) is 0 Å². The van der Waals surface area contributed by atoms with Crippen molar-refractivity contribution in [1.29, 1.82) is 0 Å². The van der Waals surface area contributed by atoms with Crippen molar-refractivity contribution in [3.05, 3.63) is 10.0 Å². The lowest BCUT2D eigenvalue weighted by Crippen LogP contribution is -2.31. The molecule has 0 radical (unpaired) electrons. The Morgan fingerprint density at radius 3 is 1.73 bits per heavy atom. The molecule has 3 aromatic rings. The van der Waals surface area contributed by atoms with E-state index < -0.39 is 0 Å². The Morgan fingerprint density at radius 2 is 1.27 bits per heavy atom. The molecule has 1 fully saturated rings. The Kier molecular flexibility index (Phi) is 5.62. The van der Waals surface area contributed by atoms with E-state index in [1.54, 1.807) is 0 Å². The van der Waals surface area contributed by atoms with Gasteiger partial charge in [-0.05, 0) is 56.6 Å². The molecule has 4 rings (SSSR count). The van der Waals surface area contributed by atoms with Crippen molar-refractivity contribution in [2.45, 2.75) is 52.1 Å². The van der Waals surface area contributed by atoms with Crippen molar-refractivity contribution < 1.29 is 0 Å². The van der Waals surface area contributed by atoms with Gasteiger partial charge in [0, 0.05) is 13.1 Å². The molecule has 0 aliphatic carbocycles. The minimum atomic E-state index is 0.639. The van der Waals surface area contributed by atoms with Crippen LogP contribution in [0.3, 0.4) is 0 Å². The van der Waals surface area contributed by atoms with Gasteiger partial charge in [0.25, 0.3) is 0 Å². The SMILES string of the molecule is Cc1nnc(Sc2nc(Sc3nnc(C)s3)nc(N3CCCCC3)n2)s1. The highest BCUT2D eigenvalue weighted by Gasteiger charge is 2.19. The molecule has 1 aliphatic rings. The molecule has 136 valence electrons. The zero-order chi connectivity index (χ0) is 17.9. The topological polar surface area (TPSA) is 93.5 Å². The molecule has 0 unspecified atom stereocenters. The maximum absolute atomic E-state index is 4.67. The van der Waals surface area contributed by atoms with E-state index in [9.17, 15) is 0 Å². The fraction of sp³-hybridized carbons (Fsp3) is 0.500. The van der Waals surface area contributed by atoms with E-state index >= 15 is 0 Å². The first-order valence-corrected chi connectivity index (χ1v) is 11.4. The smallest absolute Gasteiger partial charge is 0.230 e. The van der Waals surface area contributed by atoms with Crippen LogP contribution in [0.5, 0.6) is 0 Å². The highest BCUT2D eigenvalue weighted by Crippen LogP contribution is 2.33. The molecule has 1 saturated heterocycles. The standard InChI is InChI=1S/C14H16N8S4/c1-8-18-20-13(23-8)25-11-15-10(22-6-4-3-5-7-22)16-12(17-11)26-14-21-19-9(2)24-14/h3-7H2,1-2H3. The third-order valence-corrected chi connectivity index (χ3v) is 7.10. The van der Waals surface area contributed by atoms with E-state index in [4.69, 9.17) is 0 Å². The minimum Gasteiger partial charge on any atom is -0.341 e. The van der Waals surface area contributed by atoms with Crippen molar-refractivity contribution in [1.82, 2.24) is 35.3 Å². The number of rotatable bonds is 5. The fourth-order valence-corrected chi connectivity index (χ4v) is 5.84. The van der Waals surface area contributed by atoms with Crippen molar-refractivity contribution in [2.24, 2.45) is 0 Å². The fourth-order valence-electron chi connectivity index (χ4n) is 2.45. The summed E-state index contributed by atoms with van der Waals surface area (Å²) in [6, 6.07) is 0. The van der Waals surface area contributed by atoms with Gasteiger partial charge >= 0.3 is 0 Å². The minimum absolute atomic E-state index is 0.639. The Labute approximate surface area is 167 Å². The van der Waals surface area contributed by atoms with Crippen molar-refractivity contribution in [2.75, 3.05) is 18.0 Å². The number of nitrogens with zero attached hydrogens (tertiary/aromatic N) is 8. The summed E-state index contributed by atoms with van der Waals surface area (Å²) < 4.78 is 1.67. The maximum Gasteiger partial charge on any atom is 0.230 e. The summed E-state index contributed by atoms with van der Waals surface area (Å²) in [6.07, 6.45) is 3.60. The second-order valence-electron chi connectivity index (χ2n) is 5.63. The van der Waals surface area contributed by atoms with Crippen molar-refractivity contribution in [3.63, 3.8) is 0 Å². The predicted molar refractivity (Wildman–Crippen MR) is 103 cm³/mol. The Bertz CT molecular complexity index is 828. The molecule has 0 aromatic carbocycles. The normalized spacial score (nSPS) is 14.8. The van der Waals surface area contributed by atoms with Gasteiger partial charge in [-0.3, -0.25) is 0 Å². The molecule has 0 N–H and O–H groups in total. The molecule has 0 spiro atoms. The van der Waals surface area contributed by atoms with Crippen LogP contribution in [0, 0.1) is 13.8 Å². The van der Waals surface area contributed by atoms with Crippen LogP contribution in [0.15, 0.2) is 19.0 Å². The third kappa shape index (κ3) is 4.48. The van der Waals surface area contributed by atoms with E-state index in [0.29, 0.717) is 10.3 Å². The van der Waals surface area contributed by atoms with E-state index in [2.05, 4.69) is 40.2 Å². The average Bonchev–Trinajstić information content (AvgIpc) is 3.23. The first-order chi connectivity index (χ1) is 12.7. The Hall–Kier alpha value is -1.37. The van der Waals surface area contributed by atoms with Crippen LogP contribution >= 0.6 is 46.2 Å². The molecular formula is C14H16N8S4. The third-order valence-electron chi connectivity index (χ3n) is 3.59. The van der Waals surface area contributed by atoms with Crippen LogP contribution in [0.25, 0.3) is 0 Å². The average molecular weight is 425 g/mol. The summed E-state index contributed by atoms with van der Waals surface area (Å²) >= 11 is 5.93. The van der Waals surface area contributed by atoms with Gasteiger partial charge in [0.05, 0.1) is 0 Å². The Balaban J connectivity index is 1.63. The van der Waals surface area contributed by atoms with Crippen molar-refractivity contribution >= 4 is 52.1 Å². The zero-order valence-electron chi connectivity index (χ0n) is 14.2. The van der Waals surface area contributed by atoms with Gasteiger partial charge in [0.1, 0.15) is 10.0 Å². The summed E-state index contributed by atoms with van der Waals surface area (Å²) in [5, 5.41) is 19.6. The molecule has 12 heteroatoms. The first kappa shape index (κ1) is 18.0. The molecule has 8 nitrogen and oxygen atoms in total. The molecule has 0 saturated carbocycles. The first-order valence-electron chi connectivity index (χ1n) is 8.13. The van der Waals surface area contributed by atoms with Gasteiger partial charge in [-0.15, -0.1) is 20.4 Å². The number of piperidine rings is 1. The summed E-state index contributed by atoms with van der Waals surface area (Å²) in [5.74, 6) is 0.729. The lowest BCUT2D eigenvalue weighted by Gasteiger charge is -2.26. The highest BCUT2D eigenvalue weighted by molar-refractivity contribution is 8.01. The van der Waals surface area contributed by atoms with Gasteiger partial charge in [-0.25, -0.2) is 0 Å². The molecule has 0 bridgehead atoms. The second kappa shape index (κ2) is 8.11. The molecule has 26 heavy (non-hydrogen) atoms. The van der Waals surface area contributed by atoms with Crippen LogP contribution in [0.2, 0.25) is 0 Å². The summed E-state index contributed by atoms with van der Waals surface area (Å²) in [5.41, 5.74) is 0. The highest BCUT2D eigenvalue weighted by atomic mass is 32.2. The monoisotopic (exact) mass is 424 g/mol. The second-order valence-corrected chi connectivity index (χ2v) is 10.4. The summed E-state index contributed by atoms with van der Waals surface area (Å²) in [7, 11) is 0. The van der Waals surface area contributed by atoms with Crippen LogP contribution in [0.4, 0.5) is 5.95 Å².